The van der Waals surface area contributed by atoms with Gasteiger partial charge >= 0.3 is 0 Å². The van der Waals surface area contributed by atoms with Gasteiger partial charge in [-0.3, -0.25) is 4.79 Å². The van der Waals surface area contributed by atoms with Crippen LogP contribution in [-0.4, -0.2) is 17.6 Å². The molecule has 0 saturated carbocycles. The van der Waals surface area contributed by atoms with Gasteiger partial charge in [0.25, 0.3) is 5.91 Å². The standard InChI is InChI=1S/C16H17NO3/c1-2-20-14-11-7-6-10-13(14)17-16(19)15(18)12-8-4-3-5-9-12/h3-11,15,18H,2H2,1H3,(H,17,19). The molecule has 1 amide bonds. The fourth-order valence-electron chi connectivity index (χ4n) is 1.84. The molecule has 1 atom stereocenters. The highest BCUT2D eigenvalue weighted by atomic mass is 16.5. The first-order valence-corrected chi connectivity index (χ1v) is 6.48. The molecule has 0 radical (unpaired) electrons. The van der Waals surface area contributed by atoms with Crippen molar-refractivity contribution >= 4 is 11.6 Å². The van der Waals surface area contributed by atoms with Gasteiger partial charge in [0.1, 0.15) is 5.75 Å². The molecule has 2 aromatic carbocycles. The van der Waals surface area contributed by atoms with E-state index in [2.05, 4.69) is 5.32 Å². The number of amides is 1. The first-order chi connectivity index (χ1) is 9.72. The van der Waals surface area contributed by atoms with Crippen molar-refractivity contribution in [1.29, 1.82) is 0 Å². The van der Waals surface area contributed by atoms with Crippen molar-refractivity contribution in [2.45, 2.75) is 13.0 Å². The molecule has 0 aliphatic carbocycles. The molecule has 0 heterocycles. The highest BCUT2D eigenvalue weighted by Gasteiger charge is 2.18. The van der Waals surface area contributed by atoms with Crippen molar-refractivity contribution in [1.82, 2.24) is 0 Å². The number of hydrogen-bond donors (Lipinski definition) is 2. The van der Waals surface area contributed by atoms with Crippen molar-refractivity contribution in [3.8, 4) is 5.75 Å². The van der Waals surface area contributed by atoms with Crippen LogP contribution in [0.5, 0.6) is 5.75 Å². The number of ether oxygens (including phenoxy) is 1. The van der Waals surface area contributed by atoms with Crippen LogP contribution in [0.15, 0.2) is 54.6 Å². The number of carbonyl (C=O) groups is 1. The Morgan fingerprint density at radius 1 is 1.15 bits per heavy atom. The van der Waals surface area contributed by atoms with Crippen LogP contribution in [0.25, 0.3) is 0 Å². The lowest BCUT2D eigenvalue weighted by Gasteiger charge is -2.14. The Hall–Kier alpha value is -2.33. The molecule has 0 bridgehead atoms. The summed E-state index contributed by atoms with van der Waals surface area (Å²) in [5.41, 5.74) is 1.10. The second-order valence-corrected chi connectivity index (χ2v) is 4.23. The lowest BCUT2D eigenvalue weighted by atomic mass is 10.1. The number of para-hydroxylation sites is 2. The van der Waals surface area contributed by atoms with E-state index in [0.717, 1.165) is 0 Å². The monoisotopic (exact) mass is 271 g/mol. The number of anilines is 1. The molecule has 0 aromatic heterocycles. The van der Waals surface area contributed by atoms with Gasteiger partial charge in [0.2, 0.25) is 0 Å². The van der Waals surface area contributed by atoms with Crippen LogP contribution in [0, 0.1) is 0 Å². The number of aliphatic hydroxyl groups is 1. The third-order valence-electron chi connectivity index (χ3n) is 2.81. The summed E-state index contributed by atoms with van der Waals surface area (Å²) in [6.07, 6.45) is -1.20. The minimum atomic E-state index is -1.20. The summed E-state index contributed by atoms with van der Waals surface area (Å²) in [5.74, 6) is 0.104. The summed E-state index contributed by atoms with van der Waals surface area (Å²) in [4.78, 5) is 12.1. The van der Waals surface area contributed by atoms with Gasteiger partial charge in [-0.2, -0.15) is 0 Å². The van der Waals surface area contributed by atoms with Crippen molar-refractivity contribution in [3.63, 3.8) is 0 Å². The molecule has 4 heteroatoms. The predicted octanol–water partition coefficient (Wildman–Crippen LogP) is 2.76. The second kappa shape index (κ2) is 6.73. The minimum absolute atomic E-state index is 0.483. The van der Waals surface area contributed by atoms with Crippen LogP contribution < -0.4 is 10.1 Å². The molecule has 2 rings (SSSR count). The van der Waals surface area contributed by atoms with Crippen molar-refractivity contribution in [2.75, 3.05) is 11.9 Å². The predicted molar refractivity (Wildman–Crippen MR) is 77.6 cm³/mol. The Morgan fingerprint density at radius 2 is 1.80 bits per heavy atom. The van der Waals surface area contributed by atoms with Gasteiger partial charge in [-0.05, 0) is 24.6 Å². The van der Waals surface area contributed by atoms with Crippen molar-refractivity contribution in [3.05, 3.63) is 60.2 Å². The molecule has 0 aliphatic rings. The van der Waals surface area contributed by atoms with Crippen LogP contribution in [0.2, 0.25) is 0 Å². The summed E-state index contributed by atoms with van der Waals surface area (Å²) >= 11 is 0. The average molecular weight is 271 g/mol. The first kappa shape index (κ1) is 14.1. The molecular weight excluding hydrogens is 254 g/mol. The summed E-state index contributed by atoms with van der Waals surface area (Å²) in [6.45, 7) is 2.38. The van der Waals surface area contributed by atoms with Gasteiger partial charge in [-0.1, -0.05) is 42.5 Å². The lowest BCUT2D eigenvalue weighted by Crippen LogP contribution is -2.21. The van der Waals surface area contributed by atoms with Gasteiger partial charge in [0.15, 0.2) is 6.10 Å². The van der Waals surface area contributed by atoms with Crippen LogP contribution in [-0.2, 0) is 4.79 Å². The average Bonchev–Trinajstić information content (AvgIpc) is 2.49. The highest BCUT2D eigenvalue weighted by molar-refractivity contribution is 5.95. The van der Waals surface area contributed by atoms with Crippen LogP contribution >= 0.6 is 0 Å². The minimum Gasteiger partial charge on any atom is -0.492 e. The van der Waals surface area contributed by atoms with Crippen molar-refractivity contribution in [2.24, 2.45) is 0 Å². The zero-order chi connectivity index (χ0) is 14.4. The SMILES string of the molecule is CCOc1ccccc1NC(=O)C(O)c1ccccc1. The summed E-state index contributed by atoms with van der Waals surface area (Å²) in [7, 11) is 0. The topological polar surface area (TPSA) is 58.6 Å². The largest absolute Gasteiger partial charge is 0.492 e. The smallest absolute Gasteiger partial charge is 0.257 e. The maximum atomic E-state index is 12.1. The summed E-state index contributed by atoms with van der Waals surface area (Å²) < 4.78 is 5.43. The third kappa shape index (κ3) is 3.36. The van der Waals surface area contributed by atoms with Crippen molar-refractivity contribution < 1.29 is 14.6 Å². The molecule has 0 fully saturated rings. The molecule has 0 saturated heterocycles. The Kier molecular flexibility index (Phi) is 4.74. The van der Waals surface area contributed by atoms with Crippen LogP contribution in [0.4, 0.5) is 5.69 Å². The zero-order valence-electron chi connectivity index (χ0n) is 11.2. The van der Waals surface area contributed by atoms with E-state index < -0.39 is 12.0 Å². The van der Waals surface area contributed by atoms with E-state index in [1.807, 2.05) is 19.1 Å². The third-order valence-corrected chi connectivity index (χ3v) is 2.81. The molecule has 0 aliphatic heterocycles. The molecule has 2 aromatic rings. The molecule has 1 unspecified atom stereocenters. The Balaban J connectivity index is 2.12. The van der Waals surface area contributed by atoms with Gasteiger partial charge < -0.3 is 15.2 Å². The molecule has 2 N–H and O–H groups in total. The maximum absolute atomic E-state index is 12.1. The molecule has 0 spiro atoms. The van der Waals surface area contributed by atoms with E-state index in [4.69, 9.17) is 4.74 Å². The number of rotatable bonds is 5. The van der Waals surface area contributed by atoms with Gasteiger partial charge in [-0.15, -0.1) is 0 Å². The highest BCUT2D eigenvalue weighted by Crippen LogP contribution is 2.25. The van der Waals surface area contributed by atoms with Crippen LogP contribution in [0.3, 0.4) is 0 Å². The molecule has 104 valence electrons. The fourth-order valence-corrected chi connectivity index (χ4v) is 1.84. The number of aliphatic hydroxyl groups excluding tert-OH is 1. The number of nitrogens with one attached hydrogen (secondary N) is 1. The summed E-state index contributed by atoms with van der Waals surface area (Å²) in [5, 5.41) is 12.7. The molecular formula is C16H17NO3. The van der Waals surface area contributed by atoms with E-state index in [-0.39, 0.29) is 0 Å². The number of hydrogen-bond acceptors (Lipinski definition) is 3. The maximum Gasteiger partial charge on any atom is 0.257 e. The Labute approximate surface area is 118 Å². The second-order valence-electron chi connectivity index (χ2n) is 4.23. The van der Waals surface area contributed by atoms with E-state index >= 15 is 0 Å². The van der Waals surface area contributed by atoms with E-state index in [9.17, 15) is 9.90 Å². The Bertz CT molecular complexity index is 569. The van der Waals surface area contributed by atoms with Gasteiger partial charge in [0, 0.05) is 0 Å². The van der Waals surface area contributed by atoms with Crippen LogP contribution in [0.1, 0.15) is 18.6 Å². The Morgan fingerprint density at radius 3 is 2.50 bits per heavy atom. The number of carbonyl (C=O) groups excluding carboxylic acids is 1. The first-order valence-electron chi connectivity index (χ1n) is 6.48. The lowest BCUT2D eigenvalue weighted by molar-refractivity contribution is -0.124. The molecule has 4 nitrogen and oxygen atoms in total. The summed E-state index contributed by atoms with van der Waals surface area (Å²) in [6, 6.07) is 15.9. The number of benzene rings is 2. The zero-order valence-corrected chi connectivity index (χ0v) is 11.2. The van der Waals surface area contributed by atoms with E-state index in [1.54, 1.807) is 42.5 Å². The van der Waals surface area contributed by atoms with E-state index in [0.29, 0.717) is 23.6 Å². The fraction of sp³-hybridized carbons (Fsp3) is 0.188. The normalized spacial score (nSPS) is 11.7. The van der Waals surface area contributed by atoms with Gasteiger partial charge in [0.05, 0.1) is 12.3 Å². The quantitative estimate of drug-likeness (QED) is 0.879. The van der Waals surface area contributed by atoms with Gasteiger partial charge in [-0.25, -0.2) is 0 Å². The van der Waals surface area contributed by atoms with E-state index in [1.165, 1.54) is 0 Å². The molecule has 20 heavy (non-hydrogen) atoms.